The highest BCUT2D eigenvalue weighted by atomic mass is 19.1. The average Bonchev–Trinajstić information content (AvgIpc) is 3.28. The van der Waals surface area contributed by atoms with Gasteiger partial charge in [-0.3, -0.25) is 14.9 Å². The number of rotatable bonds is 10. The third-order valence-electron chi connectivity index (χ3n) is 6.61. The topological polar surface area (TPSA) is 129 Å². The Bertz CT molecular complexity index is 1290. The Labute approximate surface area is 227 Å². The lowest BCUT2D eigenvalue weighted by molar-refractivity contribution is -0.143. The average molecular weight is 539 g/mol. The van der Waals surface area contributed by atoms with E-state index < -0.39 is 17.6 Å². The maximum Gasteiger partial charge on any atom is 0.323 e. The number of ketones is 1. The summed E-state index contributed by atoms with van der Waals surface area (Å²) in [6.07, 6.45) is 4.39. The smallest absolute Gasteiger partial charge is 0.323 e. The monoisotopic (exact) mass is 538 g/mol. The second kappa shape index (κ2) is 12.0. The van der Waals surface area contributed by atoms with Crippen LogP contribution in [0.2, 0.25) is 0 Å². The number of ether oxygens (including phenoxy) is 2. The fourth-order valence-electron chi connectivity index (χ4n) is 4.54. The number of aliphatic carboxylic acids is 1. The van der Waals surface area contributed by atoms with Crippen molar-refractivity contribution in [2.24, 2.45) is 0 Å². The third-order valence-corrected chi connectivity index (χ3v) is 6.61. The molecule has 0 spiro atoms. The predicted molar refractivity (Wildman–Crippen MR) is 145 cm³/mol. The summed E-state index contributed by atoms with van der Waals surface area (Å²) in [5, 5.41) is 17.0. The Morgan fingerprint density at radius 3 is 2.49 bits per heavy atom. The second-order valence-electron chi connectivity index (χ2n) is 10.8. The van der Waals surface area contributed by atoms with Crippen LogP contribution >= 0.6 is 0 Å². The number of hydrogen-bond acceptors (Lipinski definition) is 7. The number of anilines is 1. The molecule has 1 heterocycles. The van der Waals surface area contributed by atoms with Crippen LogP contribution in [0.4, 0.5) is 10.2 Å². The molecule has 3 aromatic rings. The number of nitrogens with two attached hydrogens (primary N) is 1. The van der Waals surface area contributed by atoms with E-state index in [1.807, 2.05) is 20.8 Å². The quantitative estimate of drug-likeness (QED) is 0.325. The number of carboxylic acid groups (broad SMARTS) is 1. The first kappa shape index (κ1) is 28.3. The van der Waals surface area contributed by atoms with Gasteiger partial charge in [0.2, 0.25) is 0 Å². The summed E-state index contributed by atoms with van der Waals surface area (Å²) in [5.74, 6) is -0.864. The van der Waals surface area contributed by atoms with E-state index in [-0.39, 0.29) is 41.7 Å². The molecule has 10 heteroatoms. The SMILES string of the molecule is CC(C)(C)OC[C@H](NC1CCC(Oc2cccc(C(=O)c3cnn(-c4ccc(F)cc4)c3N)c2)CC1)C(=O)O. The standard InChI is InChI=1S/C29H35FN4O5/c1-29(2,3)38-17-25(28(36)37)33-20-9-13-22(14-10-20)39-23-6-4-5-18(15-23)26(35)24-16-32-34(27(24)31)21-11-7-19(30)8-12-21/h4-8,11-12,15-16,20,22,25,33H,9-10,13-14,17,31H2,1-3H3,(H,36,37)/t20?,22?,25-/m0/s1. The lowest BCUT2D eigenvalue weighted by Gasteiger charge is -2.32. The molecule has 9 nitrogen and oxygen atoms in total. The Morgan fingerprint density at radius 2 is 1.85 bits per heavy atom. The van der Waals surface area contributed by atoms with Crippen LogP contribution in [0.3, 0.4) is 0 Å². The summed E-state index contributed by atoms with van der Waals surface area (Å²) in [6.45, 7) is 5.79. The van der Waals surface area contributed by atoms with E-state index in [0.29, 0.717) is 17.0 Å². The van der Waals surface area contributed by atoms with Crippen molar-refractivity contribution in [1.82, 2.24) is 15.1 Å². The third kappa shape index (κ3) is 7.42. The van der Waals surface area contributed by atoms with Gasteiger partial charge in [0, 0.05) is 11.6 Å². The molecule has 1 saturated carbocycles. The van der Waals surface area contributed by atoms with E-state index in [1.165, 1.54) is 35.1 Å². The van der Waals surface area contributed by atoms with Crippen molar-refractivity contribution in [2.45, 2.75) is 70.2 Å². The molecule has 1 atom stereocenters. The van der Waals surface area contributed by atoms with Crippen molar-refractivity contribution in [3.8, 4) is 11.4 Å². The Kier molecular flexibility index (Phi) is 8.66. The number of nitrogen functional groups attached to an aromatic ring is 1. The van der Waals surface area contributed by atoms with Gasteiger partial charge in [-0.15, -0.1) is 0 Å². The number of nitrogens with zero attached hydrogens (tertiary/aromatic N) is 2. The van der Waals surface area contributed by atoms with Gasteiger partial charge >= 0.3 is 5.97 Å². The second-order valence-corrected chi connectivity index (χ2v) is 10.8. The molecule has 4 rings (SSSR count). The molecule has 208 valence electrons. The zero-order valence-corrected chi connectivity index (χ0v) is 22.4. The van der Waals surface area contributed by atoms with Crippen LogP contribution < -0.4 is 15.8 Å². The molecule has 0 saturated heterocycles. The molecule has 0 unspecified atom stereocenters. The van der Waals surface area contributed by atoms with Gasteiger partial charge in [0.05, 0.1) is 35.8 Å². The zero-order valence-electron chi connectivity index (χ0n) is 22.4. The van der Waals surface area contributed by atoms with Crippen molar-refractivity contribution < 1.29 is 28.6 Å². The molecule has 39 heavy (non-hydrogen) atoms. The number of carbonyl (C=O) groups excluding carboxylic acids is 1. The minimum Gasteiger partial charge on any atom is -0.490 e. The molecular weight excluding hydrogens is 503 g/mol. The molecule has 0 aliphatic heterocycles. The number of carboxylic acids is 1. The van der Waals surface area contributed by atoms with Crippen molar-refractivity contribution in [1.29, 1.82) is 0 Å². The molecule has 0 radical (unpaired) electrons. The molecular formula is C29H35FN4O5. The van der Waals surface area contributed by atoms with Gasteiger partial charge in [-0.25, -0.2) is 9.07 Å². The molecule has 1 aliphatic carbocycles. The van der Waals surface area contributed by atoms with Crippen LogP contribution in [0.15, 0.2) is 54.7 Å². The highest BCUT2D eigenvalue weighted by molar-refractivity contribution is 6.11. The number of benzene rings is 2. The van der Waals surface area contributed by atoms with Gasteiger partial charge < -0.3 is 20.3 Å². The van der Waals surface area contributed by atoms with Gasteiger partial charge in [-0.1, -0.05) is 12.1 Å². The van der Waals surface area contributed by atoms with Gasteiger partial charge in [-0.05, 0) is 82.9 Å². The largest absolute Gasteiger partial charge is 0.490 e. The van der Waals surface area contributed by atoms with Crippen molar-refractivity contribution in [2.75, 3.05) is 12.3 Å². The fraction of sp³-hybridized carbons (Fsp3) is 0.414. The van der Waals surface area contributed by atoms with E-state index in [9.17, 15) is 19.1 Å². The lowest BCUT2D eigenvalue weighted by Crippen LogP contribution is -2.49. The normalized spacial score (nSPS) is 18.5. The zero-order chi connectivity index (χ0) is 28.2. The minimum atomic E-state index is -0.928. The van der Waals surface area contributed by atoms with Crippen LogP contribution in [0.1, 0.15) is 62.4 Å². The van der Waals surface area contributed by atoms with Crippen LogP contribution in [-0.2, 0) is 9.53 Å². The van der Waals surface area contributed by atoms with Crippen LogP contribution in [0.25, 0.3) is 5.69 Å². The molecule has 2 aromatic carbocycles. The van der Waals surface area contributed by atoms with Crippen molar-refractivity contribution >= 4 is 17.6 Å². The van der Waals surface area contributed by atoms with E-state index in [0.717, 1.165) is 25.7 Å². The molecule has 1 fully saturated rings. The summed E-state index contributed by atoms with van der Waals surface area (Å²) in [5.41, 5.74) is 7.00. The Morgan fingerprint density at radius 1 is 1.15 bits per heavy atom. The maximum absolute atomic E-state index is 13.3. The summed E-state index contributed by atoms with van der Waals surface area (Å²) >= 11 is 0. The van der Waals surface area contributed by atoms with Crippen molar-refractivity contribution in [3.63, 3.8) is 0 Å². The predicted octanol–water partition coefficient (Wildman–Crippen LogP) is 4.37. The first-order valence-electron chi connectivity index (χ1n) is 13.0. The highest BCUT2D eigenvalue weighted by Crippen LogP contribution is 2.27. The van der Waals surface area contributed by atoms with Crippen LogP contribution in [0, 0.1) is 5.82 Å². The summed E-state index contributed by atoms with van der Waals surface area (Å²) in [6, 6.07) is 11.9. The van der Waals surface area contributed by atoms with Crippen LogP contribution in [-0.4, -0.2) is 57.0 Å². The molecule has 4 N–H and O–H groups in total. The van der Waals surface area contributed by atoms with E-state index in [1.54, 1.807) is 24.3 Å². The van der Waals surface area contributed by atoms with Gasteiger partial charge in [0.25, 0.3) is 0 Å². The van der Waals surface area contributed by atoms with Gasteiger partial charge in [0.1, 0.15) is 23.4 Å². The molecule has 0 bridgehead atoms. The van der Waals surface area contributed by atoms with Crippen molar-refractivity contribution in [3.05, 3.63) is 71.7 Å². The fourth-order valence-corrected chi connectivity index (χ4v) is 4.54. The van der Waals surface area contributed by atoms with E-state index in [2.05, 4.69) is 10.4 Å². The summed E-state index contributed by atoms with van der Waals surface area (Å²) in [7, 11) is 0. The molecule has 1 aliphatic rings. The van der Waals surface area contributed by atoms with E-state index in [4.69, 9.17) is 15.2 Å². The molecule has 1 aromatic heterocycles. The Balaban J connectivity index is 1.35. The van der Waals surface area contributed by atoms with E-state index >= 15 is 0 Å². The first-order chi connectivity index (χ1) is 18.5. The molecule has 0 amide bonds. The number of nitrogens with one attached hydrogen (secondary N) is 1. The number of carbonyl (C=O) groups is 2. The summed E-state index contributed by atoms with van der Waals surface area (Å²) < 4.78 is 26.5. The highest BCUT2D eigenvalue weighted by Gasteiger charge is 2.28. The number of halogens is 1. The van der Waals surface area contributed by atoms with Gasteiger partial charge in [-0.2, -0.15) is 5.10 Å². The number of aromatic nitrogens is 2. The first-order valence-corrected chi connectivity index (χ1v) is 13.0. The maximum atomic E-state index is 13.3. The van der Waals surface area contributed by atoms with Crippen LogP contribution in [0.5, 0.6) is 5.75 Å². The minimum absolute atomic E-state index is 0.0474. The lowest BCUT2D eigenvalue weighted by atomic mass is 9.92. The summed E-state index contributed by atoms with van der Waals surface area (Å²) in [4.78, 5) is 24.9. The number of hydrogen-bond donors (Lipinski definition) is 3. The van der Waals surface area contributed by atoms with Gasteiger partial charge in [0.15, 0.2) is 5.78 Å². The Hall–Kier alpha value is -3.76.